The van der Waals surface area contributed by atoms with Gasteiger partial charge >= 0.3 is 0 Å². The van der Waals surface area contributed by atoms with Gasteiger partial charge in [0.15, 0.2) is 0 Å². The van der Waals surface area contributed by atoms with Gasteiger partial charge in [-0.15, -0.1) is 0 Å². The van der Waals surface area contributed by atoms with Gasteiger partial charge in [-0.3, -0.25) is 0 Å². The molecule has 0 aliphatic heterocycles. The molecule has 0 amide bonds. The maximum atomic E-state index is 13.7. The topological polar surface area (TPSA) is 12.0 Å². The molecule has 0 bridgehead atoms. The van der Waals surface area contributed by atoms with Gasteiger partial charge in [0.05, 0.1) is 0 Å². The molecule has 0 heterocycles. The van der Waals surface area contributed by atoms with Gasteiger partial charge in [-0.1, -0.05) is 36.7 Å². The van der Waals surface area contributed by atoms with Crippen molar-refractivity contribution in [2.45, 2.75) is 19.9 Å². The van der Waals surface area contributed by atoms with Gasteiger partial charge < -0.3 is 5.32 Å². The number of rotatable bonds is 5. The Balaban J connectivity index is 2.25. The summed E-state index contributed by atoms with van der Waals surface area (Å²) in [7, 11) is 0. The number of benzene rings is 2. The highest BCUT2D eigenvalue weighted by Gasteiger charge is 2.05. The van der Waals surface area contributed by atoms with Crippen LogP contribution in [0, 0.1) is 5.82 Å². The Hall–Kier alpha value is -1.38. The molecule has 0 aliphatic carbocycles. The van der Waals surface area contributed by atoms with Crippen molar-refractivity contribution >= 4 is 11.6 Å². The Morgan fingerprint density at radius 3 is 2.63 bits per heavy atom. The Morgan fingerprint density at radius 1 is 1.11 bits per heavy atom. The highest BCUT2D eigenvalue weighted by molar-refractivity contribution is 6.30. The van der Waals surface area contributed by atoms with E-state index in [1.54, 1.807) is 6.07 Å². The number of halogens is 2. The minimum Gasteiger partial charge on any atom is -0.313 e. The molecule has 3 heteroatoms. The summed E-state index contributed by atoms with van der Waals surface area (Å²) in [6.07, 6.45) is 1.04. The molecule has 0 saturated heterocycles. The van der Waals surface area contributed by atoms with Crippen molar-refractivity contribution in [2.75, 3.05) is 6.54 Å². The standard InChI is InChI=1S/C16H17ClFN/c1-2-8-19-11-14-9-13(6-7-16(14)18)12-4-3-5-15(17)10-12/h3-7,9-10,19H,2,8,11H2,1H3. The zero-order valence-electron chi connectivity index (χ0n) is 10.9. The van der Waals surface area contributed by atoms with Gasteiger partial charge in [0.1, 0.15) is 5.82 Å². The van der Waals surface area contributed by atoms with Crippen molar-refractivity contribution in [3.8, 4) is 11.1 Å². The largest absolute Gasteiger partial charge is 0.313 e. The highest BCUT2D eigenvalue weighted by atomic mass is 35.5. The van der Waals surface area contributed by atoms with Crippen molar-refractivity contribution in [1.82, 2.24) is 5.32 Å². The van der Waals surface area contributed by atoms with Crippen LogP contribution in [-0.2, 0) is 6.54 Å². The van der Waals surface area contributed by atoms with Crippen LogP contribution in [0.15, 0.2) is 42.5 Å². The summed E-state index contributed by atoms with van der Waals surface area (Å²) in [6.45, 7) is 3.53. The van der Waals surface area contributed by atoms with Crippen LogP contribution in [0.3, 0.4) is 0 Å². The molecular weight excluding hydrogens is 261 g/mol. The lowest BCUT2D eigenvalue weighted by molar-refractivity contribution is 0.587. The first kappa shape index (κ1) is 14.0. The number of hydrogen-bond donors (Lipinski definition) is 1. The lowest BCUT2D eigenvalue weighted by Crippen LogP contribution is -2.14. The first-order chi connectivity index (χ1) is 9.20. The second-order valence-electron chi connectivity index (χ2n) is 4.49. The fourth-order valence-electron chi connectivity index (χ4n) is 1.96. The lowest BCUT2D eigenvalue weighted by atomic mass is 10.0. The maximum absolute atomic E-state index is 13.7. The number of nitrogens with one attached hydrogen (secondary N) is 1. The summed E-state index contributed by atoms with van der Waals surface area (Å²) in [6, 6.07) is 12.8. The lowest BCUT2D eigenvalue weighted by Gasteiger charge is -2.08. The van der Waals surface area contributed by atoms with Crippen molar-refractivity contribution in [2.24, 2.45) is 0 Å². The zero-order valence-corrected chi connectivity index (χ0v) is 11.7. The molecule has 1 nitrogen and oxygen atoms in total. The molecule has 0 aliphatic rings. The van der Waals surface area contributed by atoms with E-state index >= 15 is 0 Å². The molecular formula is C16H17ClFN. The summed E-state index contributed by atoms with van der Waals surface area (Å²) in [4.78, 5) is 0. The van der Waals surface area contributed by atoms with Crippen LogP contribution in [0.25, 0.3) is 11.1 Å². The highest BCUT2D eigenvalue weighted by Crippen LogP contribution is 2.24. The minimum atomic E-state index is -0.172. The van der Waals surface area contributed by atoms with Gasteiger partial charge in [-0.05, 0) is 48.4 Å². The SMILES string of the molecule is CCCNCc1cc(-c2cccc(Cl)c2)ccc1F. The van der Waals surface area contributed by atoms with Crippen molar-refractivity contribution in [3.05, 3.63) is 58.9 Å². The molecule has 2 aromatic carbocycles. The van der Waals surface area contributed by atoms with E-state index in [0.29, 0.717) is 17.1 Å². The Morgan fingerprint density at radius 2 is 1.89 bits per heavy atom. The third-order valence-corrected chi connectivity index (χ3v) is 3.18. The Kier molecular flexibility index (Phi) is 4.94. The van der Waals surface area contributed by atoms with E-state index in [0.717, 1.165) is 24.1 Å². The zero-order chi connectivity index (χ0) is 13.7. The first-order valence-electron chi connectivity index (χ1n) is 6.46. The normalized spacial score (nSPS) is 10.7. The first-order valence-corrected chi connectivity index (χ1v) is 6.83. The van der Waals surface area contributed by atoms with Crippen LogP contribution < -0.4 is 5.32 Å². The molecule has 0 unspecified atom stereocenters. The molecule has 0 spiro atoms. The molecule has 0 atom stereocenters. The molecule has 0 aromatic heterocycles. The van der Waals surface area contributed by atoms with Crippen molar-refractivity contribution in [1.29, 1.82) is 0 Å². The van der Waals surface area contributed by atoms with Crippen LogP contribution in [0.2, 0.25) is 5.02 Å². The van der Waals surface area contributed by atoms with E-state index in [-0.39, 0.29) is 5.82 Å². The number of hydrogen-bond acceptors (Lipinski definition) is 1. The molecule has 100 valence electrons. The summed E-state index contributed by atoms with van der Waals surface area (Å²) in [5.41, 5.74) is 2.67. The minimum absolute atomic E-state index is 0.172. The molecule has 0 saturated carbocycles. The van der Waals surface area contributed by atoms with E-state index in [4.69, 9.17) is 11.6 Å². The van der Waals surface area contributed by atoms with Crippen molar-refractivity contribution < 1.29 is 4.39 Å². The Labute approximate surface area is 118 Å². The van der Waals surface area contributed by atoms with E-state index in [1.165, 1.54) is 6.07 Å². The van der Waals surface area contributed by atoms with Crippen LogP contribution in [0.1, 0.15) is 18.9 Å². The van der Waals surface area contributed by atoms with E-state index in [2.05, 4.69) is 12.2 Å². The molecule has 19 heavy (non-hydrogen) atoms. The second-order valence-corrected chi connectivity index (χ2v) is 4.93. The van der Waals surface area contributed by atoms with E-state index in [1.807, 2.05) is 30.3 Å². The van der Waals surface area contributed by atoms with E-state index < -0.39 is 0 Å². The molecule has 1 N–H and O–H groups in total. The molecule has 0 radical (unpaired) electrons. The van der Waals surface area contributed by atoms with Gasteiger partial charge in [0, 0.05) is 17.1 Å². The van der Waals surface area contributed by atoms with Crippen molar-refractivity contribution in [3.63, 3.8) is 0 Å². The van der Waals surface area contributed by atoms with Crippen LogP contribution >= 0.6 is 11.6 Å². The average Bonchev–Trinajstić information content (AvgIpc) is 2.41. The summed E-state index contributed by atoms with van der Waals surface area (Å²) in [5, 5.41) is 3.90. The fourth-order valence-corrected chi connectivity index (χ4v) is 2.15. The summed E-state index contributed by atoms with van der Waals surface area (Å²) >= 11 is 5.98. The third-order valence-electron chi connectivity index (χ3n) is 2.95. The van der Waals surface area contributed by atoms with Gasteiger partial charge in [0.25, 0.3) is 0 Å². The average molecular weight is 278 g/mol. The third kappa shape index (κ3) is 3.79. The van der Waals surface area contributed by atoms with Crippen LogP contribution in [-0.4, -0.2) is 6.54 Å². The summed E-state index contributed by atoms with van der Waals surface area (Å²) in [5.74, 6) is -0.172. The van der Waals surface area contributed by atoms with Crippen LogP contribution in [0.5, 0.6) is 0 Å². The van der Waals surface area contributed by atoms with Gasteiger partial charge in [0.2, 0.25) is 0 Å². The second kappa shape index (κ2) is 6.69. The predicted octanol–water partition coefficient (Wildman–Crippen LogP) is 4.65. The summed E-state index contributed by atoms with van der Waals surface area (Å²) < 4.78 is 13.7. The van der Waals surface area contributed by atoms with Gasteiger partial charge in [-0.25, -0.2) is 4.39 Å². The molecule has 0 fully saturated rings. The predicted molar refractivity (Wildman–Crippen MR) is 78.8 cm³/mol. The molecule has 2 rings (SSSR count). The monoisotopic (exact) mass is 277 g/mol. The van der Waals surface area contributed by atoms with Gasteiger partial charge in [-0.2, -0.15) is 0 Å². The maximum Gasteiger partial charge on any atom is 0.127 e. The quantitative estimate of drug-likeness (QED) is 0.785. The Bertz CT molecular complexity index is 554. The van der Waals surface area contributed by atoms with E-state index in [9.17, 15) is 4.39 Å². The smallest absolute Gasteiger partial charge is 0.127 e. The van der Waals surface area contributed by atoms with Crippen LogP contribution in [0.4, 0.5) is 4.39 Å². The fraction of sp³-hybridized carbons (Fsp3) is 0.250. The molecule has 2 aromatic rings.